The predicted octanol–water partition coefficient (Wildman–Crippen LogP) is 1.39. The van der Waals surface area contributed by atoms with E-state index in [0.717, 1.165) is 5.56 Å². The maximum Gasteiger partial charge on any atom is 0.306 e. The standard InChI is InChI=1S/C10H12O3/c1-7(10(12)13)6-8-2-4-9(11)5-3-8/h2-5,7,11H,6H2,1H3,(H,12,13)/p+1. The van der Waals surface area contributed by atoms with Crippen LogP contribution in [0.15, 0.2) is 24.3 Å². The van der Waals surface area contributed by atoms with E-state index < -0.39 is 5.97 Å². The Kier molecular flexibility index (Phi) is 2.90. The molecule has 3 heteroatoms. The first-order valence-electron chi connectivity index (χ1n) is 4.13. The lowest BCUT2D eigenvalue weighted by Crippen LogP contribution is -2.11. The summed E-state index contributed by atoms with van der Waals surface area (Å²) in [5, 5.41) is 15.9. The van der Waals surface area contributed by atoms with Crippen molar-refractivity contribution in [2.75, 3.05) is 0 Å². The third kappa shape index (κ3) is 2.78. The fourth-order valence-corrected chi connectivity index (χ4v) is 1.08. The molecule has 70 valence electrons. The summed E-state index contributed by atoms with van der Waals surface area (Å²) in [7, 11) is 0. The molecule has 0 bridgehead atoms. The van der Waals surface area contributed by atoms with Crippen LogP contribution >= 0.6 is 0 Å². The molecule has 0 amide bonds. The third-order valence-electron chi connectivity index (χ3n) is 1.92. The molecule has 13 heavy (non-hydrogen) atoms. The molecule has 0 saturated carbocycles. The van der Waals surface area contributed by atoms with Crippen LogP contribution in [0.5, 0.6) is 5.75 Å². The highest BCUT2D eigenvalue weighted by Crippen LogP contribution is 2.13. The first-order valence-corrected chi connectivity index (χ1v) is 4.13. The molecule has 0 aliphatic heterocycles. The van der Waals surface area contributed by atoms with Crippen LogP contribution in [0.25, 0.3) is 0 Å². The van der Waals surface area contributed by atoms with Crippen molar-refractivity contribution in [1.82, 2.24) is 0 Å². The van der Waals surface area contributed by atoms with Crippen LogP contribution < -0.4 is 0 Å². The molecule has 0 aliphatic carbocycles. The van der Waals surface area contributed by atoms with Crippen LogP contribution in [-0.4, -0.2) is 16.2 Å². The summed E-state index contributed by atoms with van der Waals surface area (Å²) in [4.78, 5) is 10.5. The first kappa shape index (κ1) is 9.58. The molecule has 0 saturated heterocycles. The van der Waals surface area contributed by atoms with Crippen molar-refractivity contribution in [1.29, 1.82) is 0 Å². The molecular weight excluding hydrogens is 168 g/mol. The maximum absolute atomic E-state index is 10.5. The number of carbonyl (C=O) groups is 1. The summed E-state index contributed by atoms with van der Waals surface area (Å²) in [6.45, 7) is 1.68. The Morgan fingerprint density at radius 3 is 2.46 bits per heavy atom. The minimum atomic E-state index is -0.782. The number of carboxylic acids is 1. The van der Waals surface area contributed by atoms with Crippen molar-refractivity contribution in [3.63, 3.8) is 0 Å². The van der Waals surface area contributed by atoms with Gasteiger partial charge in [0.2, 0.25) is 0 Å². The second-order valence-electron chi connectivity index (χ2n) is 3.14. The highest BCUT2D eigenvalue weighted by atomic mass is 16.4. The van der Waals surface area contributed by atoms with Crippen molar-refractivity contribution in [3.05, 3.63) is 29.8 Å². The van der Waals surface area contributed by atoms with Gasteiger partial charge in [-0.2, -0.15) is 0 Å². The summed E-state index contributed by atoms with van der Waals surface area (Å²) in [6.07, 6.45) is 0.523. The molecule has 1 unspecified atom stereocenters. The van der Waals surface area contributed by atoms with E-state index in [4.69, 9.17) is 10.2 Å². The Balaban J connectivity index is 2.64. The van der Waals surface area contributed by atoms with Crippen molar-refractivity contribution < 1.29 is 15.0 Å². The first-order chi connectivity index (χ1) is 6.09. The lowest BCUT2D eigenvalue weighted by molar-refractivity contribution is -0.141. The highest BCUT2D eigenvalue weighted by molar-refractivity contribution is 5.69. The molecule has 0 aromatic heterocycles. The molecule has 3 N–H and O–H groups in total. The highest BCUT2D eigenvalue weighted by Gasteiger charge is 2.11. The summed E-state index contributed by atoms with van der Waals surface area (Å²) >= 11 is 0. The zero-order chi connectivity index (χ0) is 9.84. The zero-order valence-corrected chi connectivity index (χ0v) is 7.45. The summed E-state index contributed by atoms with van der Waals surface area (Å²) in [5.74, 6) is -0.696. The normalized spacial score (nSPS) is 12.4. The molecular formula is C10H13O3+. The summed E-state index contributed by atoms with van der Waals surface area (Å²) in [6, 6.07) is 6.93. The summed E-state index contributed by atoms with van der Waals surface area (Å²) < 4.78 is 0. The quantitative estimate of drug-likeness (QED) is 0.716. The van der Waals surface area contributed by atoms with Crippen LogP contribution in [0.3, 0.4) is 0 Å². The maximum atomic E-state index is 10.5. The average molecular weight is 181 g/mol. The third-order valence-corrected chi connectivity index (χ3v) is 1.92. The fraction of sp³-hybridized carbons (Fsp3) is 0.300. The van der Waals surface area contributed by atoms with Crippen molar-refractivity contribution >= 4 is 5.97 Å². The van der Waals surface area contributed by atoms with Gasteiger partial charge in [0.1, 0.15) is 0 Å². The number of hydrogen-bond donors (Lipinski definition) is 1. The summed E-state index contributed by atoms with van der Waals surface area (Å²) in [5.41, 5.74) is 0.964. The van der Waals surface area contributed by atoms with Gasteiger partial charge in [0.25, 0.3) is 5.75 Å². The lowest BCUT2D eigenvalue weighted by atomic mass is 10.0. The van der Waals surface area contributed by atoms with Crippen molar-refractivity contribution in [3.8, 4) is 5.75 Å². The minimum absolute atomic E-state index is 0.364. The lowest BCUT2D eigenvalue weighted by Gasteiger charge is -2.04. The topological polar surface area (TPSA) is 60.2 Å². The minimum Gasteiger partial charge on any atom is -0.593 e. The molecule has 0 fully saturated rings. The number of hydrogen-bond acceptors (Lipinski definition) is 1. The largest absolute Gasteiger partial charge is 0.593 e. The Morgan fingerprint density at radius 2 is 2.00 bits per heavy atom. The van der Waals surface area contributed by atoms with E-state index in [0.29, 0.717) is 12.2 Å². The molecule has 3 nitrogen and oxygen atoms in total. The van der Waals surface area contributed by atoms with Gasteiger partial charge in [-0.3, -0.25) is 4.79 Å². The monoisotopic (exact) mass is 181 g/mol. The average Bonchev–Trinajstić information content (AvgIpc) is 2.08. The van der Waals surface area contributed by atoms with Crippen molar-refractivity contribution in [2.45, 2.75) is 13.3 Å². The SMILES string of the molecule is CC(Cc1ccc([OH2+])cc1)C(=O)O. The Labute approximate surface area is 76.6 Å². The van der Waals surface area contributed by atoms with Gasteiger partial charge in [0, 0.05) is 12.1 Å². The number of aliphatic carboxylic acids is 1. The molecule has 1 aromatic rings. The van der Waals surface area contributed by atoms with Gasteiger partial charge < -0.3 is 10.2 Å². The van der Waals surface area contributed by atoms with Gasteiger partial charge in [-0.25, -0.2) is 0 Å². The van der Waals surface area contributed by atoms with E-state index in [-0.39, 0.29) is 5.92 Å². The second-order valence-corrected chi connectivity index (χ2v) is 3.14. The molecule has 1 atom stereocenters. The van der Waals surface area contributed by atoms with Crippen LogP contribution in [0, 0.1) is 5.92 Å². The van der Waals surface area contributed by atoms with E-state index in [2.05, 4.69) is 0 Å². The van der Waals surface area contributed by atoms with Gasteiger partial charge in [0.05, 0.1) is 5.92 Å². The number of benzene rings is 1. The molecule has 0 aliphatic rings. The second kappa shape index (κ2) is 3.94. The Morgan fingerprint density at radius 1 is 1.46 bits per heavy atom. The van der Waals surface area contributed by atoms with Gasteiger partial charge >= 0.3 is 5.97 Å². The van der Waals surface area contributed by atoms with E-state index in [1.54, 1.807) is 31.2 Å². The van der Waals surface area contributed by atoms with E-state index in [1.165, 1.54) is 0 Å². The van der Waals surface area contributed by atoms with E-state index in [9.17, 15) is 4.79 Å². The zero-order valence-electron chi connectivity index (χ0n) is 7.45. The molecule has 1 rings (SSSR count). The van der Waals surface area contributed by atoms with Crippen LogP contribution in [0.4, 0.5) is 0 Å². The van der Waals surface area contributed by atoms with Crippen LogP contribution in [-0.2, 0) is 11.2 Å². The van der Waals surface area contributed by atoms with E-state index in [1.807, 2.05) is 0 Å². The number of rotatable bonds is 3. The molecule has 0 spiro atoms. The van der Waals surface area contributed by atoms with E-state index >= 15 is 0 Å². The molecule has 1 aromatic carbocycles. The predicted molar refractivity (Wildman–Crippen MR) is 50.0 cm³/mol. The van der Waals surface area contributed by atoms with Crippen LogP contribution in [0.2, 0.25) is 0 Å². The van der Waals surface area contributed by atoms with Gasteiger partial charge in [-0.1, -0.05) is 6.92 Å². The van der Waals surface area contributed by atoms with Gasteiger partial charge in [-0.15, -0.1) is 0 Å². The van der Waals surface area contributed by atoms with Gasteiger partial charge in [0.15, 0.2) is 0 Å². The Hall–Kier alpha value is -1.51. The molecule has 0 radical (unpaired) electrons. The van der Waals surface area contributed by atoms with Crippen molar-refractivity contribution in [2.24, 2.45) is 5.92 Å². The molecule has 0 heterocycles. The smallest absolute Gasteiger partial charge is 0.306 e. The fourth-order valence-electron chi connectivity index (χ4n) is 1.08. The number of carboxylic acid groups (broad SMARTS) is 1. The van der Waals surface area contributed by atoms with Crippen LogP contribution in [0.1, 0.15) is 12.5 Å². The van der Waals surface area contributed by atoms with Gasteiger partial charge in [-0.05, 0) is 24.1 Å². The Bertz CT molecular complexity index is 290.